The summed E-state index contributed by atoms with van der Waals surface area (Å²) < 4.78 is 2.00. The minimum Gasteiger partial charge on any atom is -0.508 e. The fraction of sp³-hybridized carbons (Fsp3) is 0.0870. The summed E-state index contributed by atoms with van der Waals surface area (Å²) >= 11 is 1.17. The van der Waals surface area contributed by atoms with Gasteiger partial charge in [-0.2, -0.15) is 0 Å². The lowest BCUT2D eigenvalue weighted by molar-refractivity contribution is -0.121. The molecule has 1 aliphatic heterocycles. The number of carboxylic acids is 1. The number of thioether (sulfide) groups is 1. The molecule has 1 saturated heterocycles. The standard InChI is InChI=1S/C23H19N3O4S/c1-3-10-26-21(28)20(11-14-13-25(2)19-7-5-4-6-16(14)19)31-23(26)24-18-9-8-15(27)12-17(18)22(29)30/h3-9,11-13,27H,1,10H2,2H3,(H,29,30)/b20-11-,24-23?. The molecule has 0 spiro atoms. The van der Waals surface area contributed by atoms with Gasteiger partial charge < -0.3 is 14.8 Å². The van der Waals surface area contributed by atoms with Crippen molar-refractivity contribution < 1.29 is 19.8 Å². The van der Waals surface area contributed by atoms with Gasteiger partial charge in [0.05, 0.1) is 16.2 Å². The van der Waals surface area contributed by atoms with E-state index >= 15 is 0 Å². The molecule has 1 fully saturated rings. The van der Waals surface area contributed by atoms with E-state index in [0.717, 1.165) is 22.5 Å². The number of aromatic nitrogens is 1. The molecule has 31 heavy (non-hydrogen) atoms. The maximum Gasteiger partial charge on any atom is 0.338 e. The Morgan fingerprint density at radius 3 is 2.77 bits per heavy atom. The van der Waals surface area contributed by atoms with Crippen LogP contribution in [-0.2, 0) is 11.8 Å². The summed E-state index contributed by atoms with van der Waals surface area (Å²) in [5.74, 6) is -1.62. The molecule has 2 aromatic carbocycles. The summed E-state index contributed by atoms with van der Waals surface area (Å²) in [7, 11) is 1.95. The molecule has 3 aromatic rings. The van der Waals surface area contributed by atoms with Gasteiger partial charge in [0.15, 0.2) is 5.17 Å². The van der Waals surface area contributed by atoms with Gasteiger partial charge in [0.2, 0.25) is 0 Å². The number of phenols is 1. The van der Waals surface area contributed by atoms with Crippen LogP contribution in [0.1, 0.15) is 15.9 Å². The smallest absolute Gasteiger partial charge is 0.338 e. The summed E-state index contributed by atoms with van der Waals surface area (Å²) in [6, 6.07) is 11.8. The molecule has 0 aliphatic carbocycles. The van der Waals surface area contributed by atoms with Crippen molar-refractivity contribution in [3.05, 3.63) is 77.3 Å². The molecule has 8 heteroatoms. The molecule has 0 atom stereocenters. The summed E-state index contributed by atoms with van der Waals surface area (Å²) in [6.45, 7) is 3.94. The van der Waals surface area contributed by atoms with Crippen LogP contribution in [0.2, 0.25) is 0 Å². The maximum atomic E-state index is 13.1. The van der Waals surface area contributed by atoms with Crippen molar-refractivity contribution in [1.82, 2.24) is 9.47 Å². The van der Waals surface area contributed by atoms with Gasteiger partial charge in [0.25, 0.3) is 5.91 Å². The number of aryl methyl sites for hydroxylation is 1. The number of aliphatic imine (C=N–C) groups is 1. The van der Waals surface area contributed by atoms with E-state index in [2.05, 4.69) is 11.6 Å². The summed E-state index contributed by atoms with van der Waals surface area (Å²) in [5.41, 5.74) is 1.97. The Hall–Kier alpha value is -3.78. The number of nitrogens with zero attached hydrogens (tertiary/aromatic N) is 3. The molecule has 2 heterocycles. The van der Waals surface area contributed by atoms with Gasteiger partial charge in [-0.15, -0.1) is 6.58 Å². The minimum atomic E-state index is -1.22. The van der Waals surface area contributed by atoms with Crippen LogP contribution in [-0.4, -0.2) is 43.3 Å². The Morgan fingerprint density at radius 2 is 2.03 bits per heavy atom. The number of hydrogen-bond acceptors (Lipinski definition) is 5. The van der Waals surface area contributed by atoms with Crippen molar-refractivity contribution >= 4 is 51.5 Å². The predicted molar refractivity (Wildman–Crippen MR) is 123 cm³/mol. The van der Waals surface area contributed by atoms with Crippen molar-refractivity contribution in [2.45, 2.75) is 0 Å². The molecule has 0 saturated carbocycles. The molecule has 1 aliphatic rings. The molecular formula is C23H19N3O4S. The molecule has 156 valence electrons. The number of aromatic hydroxyl groups is 1. The number of rotatable bonds is 5. The average molecular weight is 433 g/mol. The maximum absolute atomic E-state index is 13.1. The largest absolute Gasteiger partial charge is 0.508 e. The van der Waals surface area contributed by atoms with Crippen LogP contribution in [0.4, 0.5) is 5.69 Å². The fourth-order valence-electron chi connectivity index (χ4n) is 3.41. The number of benzene rings is 2. The van der Waals surface area contributed by atoms with Crippen LogP contribution >= 0.6 is 11.8 Å². The quantitative estimate of drug-likeness (QED) is 0.460. The summed E-state index contributed by atoms with van der Waals surface area (Å²) in [6.07, 6.45) is 5.37. The van der Waals surface area contributed by atoms with Crippen molar-refractivity contribution in [3.63, 3.8) is 0 Å². The number of hydrogen-bond donors (Lipinski definition) is 2. The zero-order chi connectivity index (χ0) is 22.1. The number of para-hydroxylation sites is 1. The SMILES string of the molecule is C=CCN1C(=O)/C(=C/c2cn(C)c3ccccc23)SC1=Nc1ccc(O)cc1C(=O)O. The van der Waals surface area contributed by atoms with Crippen LogP contribution < -0.4 is 0 Å². The van der Waals surface area contributed by atoms with Gasteiger partial charge in [-0.1, -0.05) is 24.3 Å². The lowest BCUT2D eigenvalue weighted by Gasteiger charge is -2.13. The van der Waals surface area contributed by atoms with Crippen molar-refractivity contribution in [1.29, 1.82) is 0 Å². The highest BCUT2D eigenvalue weighted by atomic mass is 32.2. The number of carbonyl (C=O) groups excluding carboxylic acids is 1. The Bertz CT molecular complexity index is 1290. The van der Waals surface area contributed by atoms with Crippen LogP contribution in [0, 0.1) is 0 Å². The third kappa shape index (κ3) is 3.85. The molecule has 1 aromatic heterocycles. The second kappa shape index (κ2) is 8.16. The lowest BCUT2D eigenvalue weighted by Crippen LogP contribution is -2.29. The molecule has 0 unspecified atom stereocenters. The third-order valence-corrected chi connectivity index (χ3v) is 5.85. The second-order valence-corrected chi connectivity index (χ2v) is 7.94. The van der Waals surface area contributed by atoms with E-state index in [1.165, 1.54) is 28.8 Å². The van der Waals surface area contributed by atoms with E-state index in [1.807, 2.05) is 48.2 Å². The van der Waals surface area contributed by atoms with Crippen LogP contribution in [0.3, 0.4) is 0 Å². The zero-order valence-electron chi connectivity index (χ0n) is 16.6. The summed E-state index contributed by atoms with van der Waals surface area (Å²) in [4.78, 5) is 31.0. The van der Waals surface area contributed by atoms with Crippen LogP contribution in [0.5, 0.6) is 5.75 Å². The van der Waals surface area contributed by atoms with E-state index in [-0.39, 0.29) is 29.5 Å². The monoisotopic (exact) mass is 433 g/mol. The highest BCUT2D eigenvalue weighted by Gasteiger charge is 2.33. The Kier molecular flexibility index (Phi) is 5.39. The first-order valence-corrected chi connectivity index (χ1v) is 10.2. The van der Waals surface area contributed by atoms with Gasteiger partial charge in [-0.3, -0.25) is 9.69 Å². The number of carboxylic acid groups (broad SMARTS) is 1. The van der Waals surface area contributed by atoms with Gasteiger partial charge in [-0.25, -0.2) is 9.79 Å². The molecule has 2 N–H and O–H groups in total. The molecule has 1 amide bonds. The molecule has 0 radical (unpaired) electrons. The topological polar surface area (TPSA) is 95.1 Å². The first kappa shape index (κ1) is 20.5. The molecule has 0 bridgehead atoms. The minimum absolute atomic E-state index is 0.148. The Morgan fingerprint density at radius 1 is 1.26 bits per heavy atom. The lowest BCUT2D eigenvalue weighted by atomic mass is 10.1. The Labute approximate surface area is 182 Å². The van der Waals surface area contributed by atoms with E-state index in [4.69, 9.17) is 0 Å². The first-order valence-electron chi connectivity index (χ1n) is 9.40. The first-order chi connectivity index (χ1) is 14.9. The number of phenolic OH excluding ortho intramolecular Hbond substituents is 1. The van der Waals surface area contributed by atoms with Gasteiger partial charge in [0, 0.05) is 36.3 Å². The number of amides is 1. The highest BCUT2D eigenvalue weighted by Crippen LogP contribution is 2.36. The van der Waals surface area contributed by atoms with E-state index in [9.17, 15) is 19.8 Å². The van der Waals surface area contributed by atoms with Crippen molar-refractivity contribution in [3.8, 4) is 5.75 Å². The second-order valence-electron chi connectivity index (χ2n) is 6.93. The van der Waals surface area contributed by atoms with Gasteiger partial charge >= 0.3 is 5.97 Å². The van der Waals surface area contributed by atoms with Gasteiger partial charge in [-0.05, 0) is 42.1 Å². The van der Waals surface area contributed by atoms with Crippen LogP contribution in [0.25, 0.3) is 17.0 Å². The fourth-order valence-corrected chi connectivity index (χ4v) is 4.40. The third-order valence-electron chi connectivity index (χ3n) is 4.84. The van der Waals surface area contributed by atoms with E-state index in [0.29, 0.717) is 10.1 Å². The van der Waals surface area contributed by atoms with E-state index in [1.54, 1.807) is 6.08 Å². The average Bonchev–Trinajstić information content (AvgIpc) is 3.21. The number of amidine groups is 1. The number of carbonyl (C=O) groups is 2. The van der Waals surface area contributed by atoms with E-state index < -0.39 is 5.97 Å². The summed E-state index contributed by atoms with van der Waals surface area (Å²) in [5, 5.41) is 20.4. The predicted octanol–water partition coefficient (Wildman–Crippen LogP) is 4.37. The number of fused-ring (bicyclic) bond motifs is 1. The Balaban J connectivity index is 1.78. The molecule has 7 nitrogen and oxygen atoms in total. The van der Waals surface area contributed by atoms with Crippen molar-refractivity contribution in [2.75, 3.05) is 6.54 Å². The molecule has 4 rings (SSSR count). The van der Waals surface area contributed by atoms with Gasteiger partial charge in [0.1, 0.15) is 5.75 Å². The highest BCUT2D eigenvalue weighted by molar-refractivity contribution is 8.18. The van der Waals surface area contributed by atoms with Crippen molar-refractivity contribution in [2.24, 2.45) is 12.0 Å². The normalized spacial score (nSPS) is 16.5. The molecular weight excluding hydrogens is 414 g/mol. The zero-order valence-corrected chi connectivity index (χ0v) is 17.5. The number of aromatic carboxylic acids is 1. The van der Waals surface area contributed by atoms with Crippen LogP contribution in [0.15, 0.2) is 71.2 Å².